The van der Waals surface area contributed by atoms with Crippen LogP contribution in [-0.2, 0) is 16.1 Å². The molecule has 2 aromatic rings. The van der Waals surface area contributed by atoms with Crippen LogP contribution >= 0.6 is 11.6 Å². The molecule has 1 aliphatic heterocycles. The highest BCUT2D eigenvalue weighted by molar-refractivity contribution is 6.34. The highest BCUT2D eigenvalue weighted by atomic mass is 35.5. The van der Waals surface area contributed by atoms with Crippen molar-refractivity contribution in [3.05, 3.63) is 58.4 Å². The smallest absolute Gasteiger partial charge is 0.314 e. The Kier molecular flexibility index (Phi) is 11.2. The molecule has 3 rings (SSSR count). The van der Waals surface area contributed by atoms with Gasteiger partial charge in [0.05, 0.1) is 23.2 Å². The predicted octanol–water partition coefficient (Wildman–Crippen LogP) is 8.10. The molecule has 1 unspecified atom stereocenters. The van der Waals surface area contributed by atoms with Crippen LogP contribution in [0.5, 0.6) is 0 Å². The summed E-state index contributed by atoms with van der Waals surface area (Å²) in [5.74, 6) is -0.566. The first-order valence-electron chi connectivity index (χ1n) is 13.3. The van der Waals surface area contributed by atoms with Crippen LogP contribution in [0.4, 0.5) is 0 Å². The van der Waals surface area contributed by atoms with Gasteiger partial charge in [0.1, 0.15) is 0 Å². The van der Waals surface area contributed by atoms with E-state index in [1.165, 1.54) is 51.4 Å². The van der Waals surface area contributed by atoms with Gasteiger partial charge in [0.2, 0.25) is 5.78 Å². The van der Waals surface area contributed by atoms with Gasteiger partial charge in [-0.1, -0.05) is 94.9 Å². The third-order valence-corrected chi connectivity index (χ3v) is 7.20. The Morgan fingerprint density at radius 2 is 1.59 bits per heavy atom. The molecule has 0 radical (unpaired) electrons. The zero-order valence-corrected chi connectivity index (χ0v) is 21.5. The minimum absolute atomic E-state index is 0.101. The van der Waals surface area contributed by atoms with E-state index in [2.05, 4.69) is 6.92 Å². The maximum Gasteiger partial charge on any atom is 0.314 e. The Balaban J connectivity index is 1.47. The molecule has 0 N–H and O–H groups in total. The maximum atomic E-state index is 13.2. The van der Waals surface area contributed by atoms with Crippen LogP contribution in [-0.4, -0.2) is 22.9 Å². The van der Waals surface area contributed by atoms with Crippen LogP contribution < -0.4 is 0 Å². The Hall–Kier alpha value is -2.07. The first-order chi connectivity index (χ1) is 16.6. The molecule has 4 nitrogen and oxygen atoms in total. The number of benzene rings is 1. The van der Waals surface area contributed by atoms with Gasteiger partial charge in [0, 0.05) is 17.8 Å². The molecule has 0 saturated heterocycles. The van der Waals surface area contributed by atoms with Crippen molar-refractivity contribution >= 4 is 23.4 Å². The van der Waals surface area contributed by atoms with Gasteiger partial charge in [-0.2, -0.15) is 0 Å². The van der Waals surface area contributed by atoms with E-state index in [-0.39, 0.29) is 17.7 Å². The fourth-order valence-corrected chi connectivity index (χ4v) is 5.11. The largest absolute Gasteiger partial charge is 0.465 e. The van der Waals surface area contributed by atoms with Gasteiger partial charge >= 0.3 is 5.97 Å². The van der Waals surface area contributed by atoms with Crippen molar-refractivity contribution in [3.8, 4) is 0 Å². The second-order valence-corrected chi connectivity index (χ2v) is 9.91. The Morgan fingerprint density at radius 3 is 2.29 bits per heavy atom. The number of hydrogen-bond acceptors (Lipinski definition) is 3. The summed E-state index contributed by atoms with van der Waals surface area (Å²) < 4.78 is 7.69. The molecule has 0 amide bonds. The molecule has 186 valence electrons. The standard InChI is InChI=1S/C29H40ClNO3/c1-2-3-4-5-6-7-8-9-10-15-22-34-29(33)24-17-13-14-21-31-26(24)19-20-27(31)28(32)23-16-11-12-18-25(23)30/h11-12,16,18-20,24H,2-10,13-15,17,21-22H2,1H3. The van der Waals surface area contributed by atoms with Gasteiger partial charge in [0.15, 0.2) is 0 Å². The van der Waals surface area contributed by atoms with Crippen molar-refractivity contribution in [3.63, 3.8) is 0 Å². The molecule has 5 heteroatoms. The van der Waals surface area contributed by atoms with E-state index in [0.717, 1.165) is 44.3 Å². The molecule has 0 aliphatic carbocycles. The van der Waals surface area contributed by atoms with E-state index in [4.69, 9.17) is 16.3 Å². The Labute approximate surface area is 210 Å². The van der Waals surface area contributed by atoms with Gasteiger partial charge in [-0.05, 0) is 43.5 Å². The first-order valence-corrected chi connectivity index (χ1v) is 13.7. The van der Waals surface area contributed by atoms with Crippen molar-refractivity contribution in [2.24, 2.45) is 0 Å². The van der Waals surface area contributed by atoms with Gasteiger partial charge in [0.25, 0.3) is 0 Å². The van der Waals surface area contributed by atoms with Crippen LogP contribution in [0.25, 0.3) is 0 Å². The Bertz CT molecular complexity index is 920. The molecule has 0 bridgehead atoms. The number of ketones is 1. The van der Waals surface area contributed by atoms with Crippen molar-refractivity contribution in [1.29, 1.82) is 0 Å². The average molecular weight is 486 g/mol. The van der Waals surface area contributed by atoms with Crippen molar-refractivity contribution in [2.75, 3.05) is 6.61 Å². The van der Waals surface area contributed by atoms with Crippen LogP contribution in [0.15, 0.2) is 36.4 Å². The lowest BCUT2D eigenvalue weighted by molar-refractivity contribution is -0.146. The van der Waals surface area contributed by atoms with Crippen molar-refractivity contribution in [1.82, 2.24) is 4.57 Å². The number of hydrogen-bond donors (Lipinski definition) is 0. The molecule has 0 spiro atoms. The SMILES string of the molecule is CCCCCCCCCCCCOC(=O)C1CCCCn2c(C(=O)c3ccccc3Cl)ccc21. The summed E-state index contributed by atoms with van der Waals surface area (Å²) in [6, 6.07) is 10.9. The molecule has 1 aromatic carbocycles. The lowest BCUT2D eigenvalue weighted by atomic mass is 10.00. The van der Waals surface area contributed by atoms with Crippen molar-refractivity contribution < 1.29 is 14.3 Å². The van der Waals surface area contributed by atoms with E-state index >= 15 is 0 Å². The highest BCUT2D eigenvalue weighted by Crippen LogP contribution is 2.31. The van der Waals surface area contributed by atoms with Crippen LogP contribution in [0.1, 0.15) is 118 Å². The number of esters is 1. The monoisotopic (exact) mass is 485 g/mol. The summed E-state index contributed by atoms with van der Waals surface area (Å²) in [4.78, 5) is 26.1. The van der Waals surface area contributed by atoms with Crippen LogP contribution in [0, 0.1) is 0 Å². The van der Waals surface area contributed by atoms with E-state index in [9.17, 15) is 9.59 Å². The fraction of sp³-hybridized carbons (Fsp3) is 0.586. The number of unbranched alkanes of at least 4 members (excludes halogenated alkanes) is 9. The molecule has 0 fully saturated rings. The molecule has 1 atom stereocenters. The molecule has 1 aromatic heterocycles. The topological polar surface area (TPSA) is 48.3 Å². The number of halogens is 1. The molecule has 34 heavy (non-hydrogen) atoms. The normalized spacial score (nSPS) is 15.5. The lowest BCUT2D eigenvalue weighted by Crippen LogP contribution is -2.20. The second-order valence-electron chi connectivity index (χ2n) is 9.50. The quantitative estimate of drug-likeness (QED) is 0.154. The third kappa shape index (κ3) is 7.46. The zero-order chi connectivity index (χ0) is 24.2. The number of rotatable bonds is 14. The minimum Gasteiger partial charge on any atom is -0.465 e. The molecule has 0 saturated carbocycles. The minimum atomic E-state index is -0.307. The van der Waals surface area contributed by atoms with Crippen LogP contribution in [0.3, 0.4) is 0 Å². The summed E-state index contributed by atoms with van der Waals surface area (Å²) in [5.41, 5.74) is 1.98. The summed E-state index contributed by atoms with van der Waals surface area (Å²) in [7, 11) is 0. The number of carbonyl (C=O) groups excluding carboxylic acids is 2. The highest BCUT2D eigenvalue weighted by Gasteiger charge is 2.30. The zero-order valence-electron chi connectivity index (χ0n) is 20.7. The van der Waals surface area contributed by atoms with E-state index in [1.807, 2.05) is 28.8 Å². The number of fused-ring (bicyclic) bond motifs is 1. The fourth-order valence-electron chi connectivity index (χ4n) is 4.89. The van der Waals surface area contributed by atoms with E-state index in [0.29, 0.717) is 22.9 Å². The van der Waals surface area contributed by atoms with E-state index in [1.54, 1.807) is 12.1 Å². The first kappa shape index (κ1) is 26.5. The number of carbonyl (C=O) groups is 2. The lowest BCUT2D eigenvalue weighted by Gasteiger charge is -2.16. The third-order valence-electron chi connectivity index (χ3n) is 6.87. The molecular weight excluding hydrogens is 446 g/mol. The molecule has 2 heterocycles. The van der Waals surface area contributed by atoms with Crippen LogP contribution in [0.2, 0.25) is 5.02 Å². The average Bonchev–Trinajstić information content (AvgIpc) is 3.14. The summed E-state index contributed by atoms with van der Waals surface area (Å²) in [6.07, 6.45) is 15.2. The van der Waals surface area contributed by atoms with E-state index < -0.39 is 0 Å². The van der Waals surface area contributed by atoms with Gasteiger partial charge in [-0.25, -0.2) is 0 Å². The predicted molar refractivity (Wildman–Crippen MR) is 139 cm³/mol. The number of nitrogens with zero attached hydrogens (tertiary/aromatic N) is 1. The summed E-state index contributed by atoms with van der Waals surface area (Å²) >= 11 is 6.26. The molecule has 1 aliphatic rings. The van der Waals surface area contributed by atoms with Crippen molar-refractivity contribution in [2.45, 2.75) is 103 Å². The van der Waals surface area contributed by atoms with Gasteiger partial charge in [-0.3, -0.25) is 9.59 Å². The van der Waals surface area contributed by atoms with Gasteiger partial charge < -0.3 is 9.30 Å². The summed E-state index contributed by atoms with van der Waals surface area (Å²) in [6.45, 7) is 3.47. The Morgan fingerprint density at radius 1 is 0.912 bits per heavy atom. The number of ether oxygens (including phenoxy) is 1. The summed E-state index contributed by atoms with van der Waals surface area (Å²) in [5, 5.41) is 0.448. The second kappa shape index (κ2) is 14.4. The van der Waals surface area contributed by atoms with Gasteiger partial charge in [-0.15, -0.1) is 0 Å². The maximum absolute atomic E-state index is 13.2. The molecular formula is C29H40ClNO3. The number of aromatic nitrogens is 1.